The number of aryl methyl sites for hydroxylation is 1. The van der Waals surface area contributed by atoms with Gasteiger partial charge in [0.25, 0.3) is 0 Å². The number of hydrogen-bond donors (Lipinski definition) is 2. The number of benzene rings is 1. The van der Waals surface area contributed by atoms with Crippen LogP contribution < -0.4 is 10.6 Å². The van der Waals surface area contributed by atoms with Crippen LogP contribution in [-0.2, 0) is 14.6 Å². The van der Waals surface area contributed by atoms with Crippen LogP contribution in [0.2, 0.25) is 0 Å². The maximum atomic E-state index is 13.7. The average Bonchev–Trinajstić information content (AvgIpc) is 2.52. The van der Waals surface area contributed by atoms with Crippen LogP contribution in [-0.4, -0.2) is 52.7 Å². The summed E-state index contributed by atoms with van der Waals surface area (Å²) in [5.74, 6) is 0.375. The molecule has 0 amide bonds. The van der Waals surface area contributed by atoms with E-state index in [0.717, 1.165) is 5.56 Å². The number of aliphatic imine (C=N–C) groups is 1. The van der Waals surface area contributed by atoms with Crippen LogP contribution >= 0.6 is 0 Å². The Morgan fingerprint density at radius 1 is 1.36 bits per heavy atom. The molecule has 1 rings (SSSR count). The summed E-state index contributed by atoms with van der Waals surface area (Å²) >= 11 is 0. The Morgan fingerprint density at radius 3 is 2.68 bits per heavy atom. The maximum Gasteiger partial charge on any atom is 0.191 e. The molecule has 1 unspecified atom stereocenters. The second-order valence-electron chi connectivity index (χ2n) is 5.88. The Bertz CT molecular complexity index is 678. The molecule has 0 saturated carbocycles. The largest absolute Gasteiger partial charge is 0.378 e. The molecule has 25 heavy (non-hydrogen) atoms. The van der Waals surface area contributed by atoms with Crippen molar-refractivity contribution < 1.29 is 17.5 Å². The highest BCUT2D eigenvalue weighted by molar-refractivity contribution is 7.90. The number of guanidine groups is 1. The highest BCUT2D eigenvalue weighted by Crippen LogP contribution is 2.16. The first-order valence-electron chi connectivity index (χ1n) is 8.29. The monoisotopic (exact) mass is 373 g/mol. The highest BCUT2D eigenvalue weighted by atomic mass is 32.2. The Kier molecular flexibility index (Phi) is 8.85. The van der Waals surface area contributed by atoms with Crippen LogP contribution in [0.25, 0.3) is 0 Å². The van der Waals surface area contributed by atoms with Crippen molar-refractivity contribution in [3.63, 3.8) is 0 Å². The Hall–Kier alpha value is -1.67. The van der Waals surface area contributed by atoms with Crippen LogP contribution in [0.3, 0.4) is 0 Å². The van der Waals surface area contributed by atoms with E-state index >= 15 is 0 Å². The van der Waals surface area contributed by atoms with E-state index in [2.05, 4.69) is 15.6 Å². The van der Waals surface area contributed by atoms with Gasteiger partial charge in [-0.1, -0.05) is 12.1 Å². The topological polar surface area (TPSA) is 79.8 Å². The van der Waals surface area contributed by atoms with Gasteiger partial charge in [0.2, 0.25) is 0 Å². The first-order chi connectivity index (χ1) is 11.7. The molecule has 1 atom stereocenters. The zero-order valence-electron chi connectivity index (χ0n) is 15.3. The summed E-state index contributed by atoms with van der Waals surface area (Å²) in [6.45, 7) is 7.20. The lowest BCUT2D eigenvalue weighted by Gasteiger charge is -2.18. The minimum absolute atomic E-state index is 0.00501. The molecule has 0 aliphatic carbocycles. The van der Waals surface area contributed by atoms with Crippen LogP contribution in [0.5, 0.6) is 0 Å². The molecule has 2 N–H and O–H groups in total. The third-order valence-corrected chi connectivity index (χ3v) is 4.41. The van der Waals surface area contributed by atoms with Crippen molar-refractivity contribution in [3.8, 4) is 0 Å². The summed E-state index contributed by atoms with van der Waals surface area (Å²) in [6, 6.07) is 5.04. The molecule has 0 heterocycles. The summed E-state index contributed by atoms with van der Waals surface area (Å²) in [5.41, 5.74) is 1.45. The van der Waals surface area contributed by atoms with Gasteiger partial charge in [-0.3, -0.25) is 4.99 Å². The molecular formula is C17H28FN3O3S. The molecule has 8 heteroatoms. The quantitative estimate of drug-likeness (QED) is 0.392. The van der Waals surface area contributed by atoms with E-state index in [-0.39, 0.29) is 24.2 Å². The normalized spacial score (nSPS) is 13.6. The number of ether oxygens (including phenoxy) is 1. The molecule has 142 valence electrons. The zero-order chi connectivity index (χ0) is 18.9. The molecule has 1 aromatic rings. The van der Waals surface area contributed by atoms with E-state index in [1.54, 1.807) is 13.0 Å². The Morgan fingerprint density at radius 2 is 2.08 bits per heavy atom. The third kappa shape index (κ3) is 8.83. The van der Waals surface area contributed by atoms with E-state index in [4.69, 9.17) is 4.74 Å². The fourth-order valence-corrected chi connectivity index (χ4v) is 2.44. The van der Waals surface area contributed by atoms with Crippen molar-refractivity contribution >= 4 is 15.8 Å². The van der Waals surface area contributed by atoms with Crippen molar-refractivity contribution in [2.24, 2.45) is 4.99 Å². The van der Waals surface area contributed by atoms with E-state index in [1.165, 1.54) is 12.3 Å². The minimum atomic E-state index is -3.01. The van der Waals surface area contributed by atoms with Gasteiger partial charge < -0.3 is 15.4 Å². The van der Waals surface area contributed by atoms with Crippen molar-refractivity contribution in [2.75, 3.05) is 38.3 Å². The summed E-state index contributed by atoms with van der Waals surface area (Å²) < 4.78 is 41.0. The van der Waals surface area contributed by atoms with Gasteiger partial charge in [0.05, 0.1) is 31.6 Å². The van der Waals surface area contributed by atoms with Gasteiger partial charge >= 0.3 is 0 Å². The maximum absolute atomic E-state index is 13.7. The van der Waals surface area contributed by atoms with Crippen molar-refractivity contribution in [3.05, 3.63) is 35.1 Å². The summed E-state index contributed by atoms with van der Waals surface area (Å²) in [7, 11) is -3.01. The van der Waals surface area contributed by atoms with Gasteiger partial charge in [0.15, 0.2) is 5.96 Å². The number of nitrogens with zero attached hydrogens (tertiary/aromatic N) is 1. The number of rotatable bonds is 9. The lowest BCUT2D eigenvalue weighted by atomic mass is 10.1. The molecule has 0 radical (unpaired) electrons. The van der Waals surface area contributed by atoms with Crippen molar-refractivity contribution in [1.82, 2.24) is 10.6 Å². The predicted molar refractivity (Wildman–Crippen MR) is 99.2 cm³/mol. The van der Waals surface area contributed by atoms with E-state index < -0.39 is 9.84 Å². The molecule has 0 aliphatic rings. The highest BCUT2D eigenvalue weighted by Gasteiger charge is 2.09. The lowest BCUT2D eigenvalue weighted by molar-refractivity contribution is 0.157. The van der Waals surface area contributed by atoms with Gasteiger partial charge in [-0.05, 0) is 38.0 Å². The summed E-state index contributed by atoms with van der Waals surface area (Å²) in [5, 5.41) is 6.33. The molecular weight excluding hydrogens is 345 g/mol. The summed E-state index contributed by atoms with van der Waals surface area (Å²) in [6.07, 6.45) is 1.18. The van der Waals surface area contributed by atoms with E-state index in [0.29, 0.717) is 31.2 Å². The number of halogens is 1. The fourth-order valence-electron chi connectivity index (χ4n) is 2.02. The van der Waals surface area contributed by atoms with Gasteiger partial charge in [-0.2, -0.15) is 0 Å². The molecule has 0 aromatic heterocycles. The predicted octanol–water partition coefficient (Wildman–Crippen LogP) is 1.81. The van der Waals surface area contributed by atoms with E-state index in [9.17, 15) is 12.8 Å². The van der Waals surface area contributed by atoms with Gasteiger partial charge in [-0.15, -0.1) is 0 Å². The van der Waals surface area contributed by atoms with Gasteiger partial charge in [0, 0.05) is 12.8 Å². The minimum Gasteiger partial charge on any atom is -0.378 e. The summed E-state index contributed by atoms with van der Waals surface area (Å²) in [4.78, 5) is 4.38. The Balaban J connectivity index is 2.53. The molecule has 0 spiro atoms. The van der Waals surface area contributed by atoms with Gasteiger partial charge in [-0.25, -0.2) is 12.8 Å². The fraction of sp³-hybridized carbons (Fsp3) is 0.588. The first kappa shape index (κ1) is 21.4. The van der Waals surface area contributed by atoms with E-state index in [1.807, 2.05) is 19.9 Å². The third-order valence-electron chi connectivity index (χ3n) is 3.50. The van der Waals surface area contributed by atoms with Gasteiger partial charge in [0.1, 0.15) is 15.7 Å². The average molecular weight is 373 g/mol. The molecule has 1 aromatic carbocycles. The van der Waals surface area contributed by atoms with Crippen molar-refractivity contribution in [1.29, 1.82) is 0 Å². The lowest BCUT2D eigenvalue weighted by Crippen LogP contribution is -2.39. The standard InChI is InChI=1S/C17H28FN3O3S/c1-5-19-17(20-8-9-24-10-11-25(4,22)23)21-14(3)15-7-6-13(2)16(18)12-15/h6-7,12,14H,5,8-11H2,1-4H3,(H2,19,20,21). The molecule has 0 fully saturated rings. The molecule has 0 aliphatic heterocycles. The molecule has 0 saturated heterocycles. The van der Waals surface area contributed by atoms with Crippen molar-refractivity contribution in [2.45, 2.75) is 26.8 Å². The van der Waals surface area contributed by atoms with Crippen LogP contribution in [0.4, 0.5) is 4.39 Å². The van der Waals surface area contributed by atoms with Crippen LogP contribution in [0, 0.1) is 12.7 Å². The molecule has 0 bridgehead atoms. The number of hydrogen-bond acceptors (Lipinski definition) is 4. The SMILES string of the molecule is CCNC(=NCCOCCS(C)(=O)=O)NC(C)c1ccc(C)c(F)c1. The Labute approximate surface area is 149 Å². The molecule has 6 nitrogen and oxygen atoms in total. The van der Waals surface area contributed by atoms with Crippen LogP contribution in [0.1, 0.15) is 31.0 Å². The first-order valence-corrected chi connectivity index (χ1v) is 10.4. The zero-order valence-corrected chi connectivity index (χ0v) is 16.1. The second kappa shape index (κ2) is 10.4. The second-order valence-corrected chi connectivity index (χ2v) is 8.14. The van der Waals surface area contributed by atoms with Crippen LogP contribution in [0.15, 0.2) is 23.2 Å². The number of sulfone groups is 1. The smallest absolute Gasteiger partial charge is 0.191 e. The number of nitrogens with one attached hydrogen (secondary N) is 2.